The molecule has 1 heterocycles. The van der Waals surface area contributed by atoms with Gasteiger partial charge in [0.1, 0.15) is 0 Å². The summed E-state index contributed by atoms with van der Waals surface area (Å²) < 4.78 is 35.5. The van der Waals surface area contributed by atoms with Crippen LogP contribution in [0.4, 0.5) is 0 Å². The summed E-state index contributed by atoms with van der Waals surface area (Å²) in [5.41, 5.74) is 0.548. The van der Waals surface area contributed by atoms with Crippen molar-refractivity contribution < 1.29 is 22.7 Å². The first kappa shape index (κ1) is 22.7. The Hall–Kier alpha value is -0.553. The molecule has 0 radical (unpaired) electrons. The summed E-state index contributed by atoms with van der Waals surface area (Å²) in [4.78, 5) is -0.373. The van der Waals surface area contributed by atoms with Crippen LogP contribution >= 0.6 is 39.1 Å². The molecule has 2 rings (SSSR count). The summed E-state index contributed by atoms with van der Waals surface area (Å²) in [6.07, 6.45) is 0.393. The Morgan fingerprint density at radius 2 is 2.04 bits per heavy atom. The van der Waals surface area contributed by atoms with E-state index in [2.05, 4.69) is 20.7 Å². The molecule has 2 aromatic rings. The van der Waals surface area contributed by atoms with Crippen LogP contribution in [0, 0.1) is 0 Å². The van der Waals surface area contributed by atoms with Crippen LogP contribution < -0.4 is 9.15 Å². The lowest BCUT2D eigenvalue weighted by atomic mass is 10.1. The van der Waals surface area contributed by atoms with E-state index in [4.69, 9.17) is 32.0 Å². The highest BCUT2D eigenvalue weighted by molar-refractivity contribution is 9.09. The minimum absolute atomic E-state index is 0.129. The molecule has 2 atom stereocenters. The summed E-state index contributed by atoms with van der Waals surface area (Å²) in [7, 11) is -2.07. The molecule has 0 aliphatic carbocycles. The van der Waals surface area contributed by atoms with Crippen LogP contribution in [-0.2, 0) is 11.3 Å². The SMILES string of the molecule is C[Si](C)(C)Oc1c(C(Br)CCNS(=O)[O-])oc(-c2ccc(Cl)c(Cl)c2)c1O. The molecule has 0 fully saturated rings. The molecule has 0 amide bonds. The average Bonchev–Trinajstić information content (AvgIpc) is 2.85. The first-order valence-corrected chi connectivity index (χ1v) is 14.1. The highest BCUT2D eigenvalue weighted by Gasteiger charge is 2.30. The van der Waals surface area contributed by atoms with Crippen molar-refractivity contribution in [2.75, 3.05) is 6.54 Å². The van der Waals surface area contributed by atoms with Gasteiger partial charge in [-0.25, -0.2) is 4.72 Å². The van der Waals surface area contributed by atoms with Crippen molar-refractivity contribution in [2.24, 2.45) is 0 Å². The van der Waals surface area contributed by atoms with E-state index >= 15 is 0 Å². The fourth-order valence-corrected chi connectivity index (χ4v) is 4.19. The van der Waals surface area contributed by atoms with Gasteiger partial charge in [0.05, 0.1) is 14.9 Å². The van der Waals surface area contributed by atoms with E-state index in [9.17, 15) is 13.9 Å². The van der Waals surface area contributed by atoms with Crippen molar-refractivity contribution in [3.8, 4) is 22.8 Å². The second-order valence-electron chi connectivity index (χ2n) is 6.70. The normalized spacial score (nSPS) is 14.2. The minimum atomic E-state index is -2.35. The number of alkyl halides is 1. The Kier molecular flexibility index (Phi) is 7.83. The summed E-state index contributed by atoms with van der Waals surface area (Å²) in [5, 5.41) is 11.5. The van der Waals surface area contributed by atoms with Gasteiger partial charge >= 0.3 is 0 Å². The van der Waals surface area contributed by atoms with Gasteiger partial charge in [0, 0.05) is 23.4 Å². The molecule has 0 aliphatic rings. The Morgan fingerprint density at radius 3 is 2.59 bits per heavy atom. The van der Waals surface area contributed by atoms with Crippen molar-refractivity contribution >= 4 is 58.7 Å². The van der Waals surface area contributed by atoms with E-state index in [0.717, 1.165) is 0 Å². The van der Waals surface area contributed by atoms with E-state index in [1.54, 1.807) is 18.2 Å². The van der Waals surface area contributed by atoms with Crippen LogP contribution in [-0.4, -0.2) is 28.7 Å². The lowest BCUT2D eigenvalue weighted by Gasteiger charge is -2.20. The predicted molar refractivity (Wildman–Crippen MR) is 113 cm³/mol. The average molecular weight is 516 g/mol. The maximum atomic E-state index is 10.7. The molecule has 6 nitrogen and oxygen atoms in total. The summed E-state index contributed by atoms with van der Waals surface area (Å²) in [5.74, 6) is 0.715. The molecule has 0 saturated carbocycles. The van der Waals surface area contributed by atoms with Crippen LogP contribution in [0.5, 0.6) is 11.5 Å². The highest BCUT2D eigenvalue weighted by Crippen LogP contribution is 2.49. The second kappa shape index (κ2) is 9.30. The van der Waals surface area contributed by atoms with Crippen molar-refractivity contribution in [3.05, 3.63) is 34.0 Å². The van der Waals surface area contributed by atoms with Crippen molar-refractivity contribution in [2.45, 2.75) is 30.9 Å². The van der Waals surface area contributed by atoms with Crippen molar-refractivity contribution in [1.29, 1.82) is 0 Å². The van der Waals surface area contributed by atoms with E-state index in [1.165, 1.54) is 0 Å². The van der Waals surface area contributed by atoms with Crippen LogP contribution in [0.2, 0.25) is 29.7 Å². The van der Waals surface area contributed by atoms with Gasteiger partial charge in [-0.3, -0.25) is 4.21 Å². The number of hydrogen-bond donors (Lipinski definition) is 2. The third kappa shape index (κ3) is 6.21. The largest absolute Gasteiger partial charge is 0.760 e. The Labute approximate surface area is 179 Å². The zero-order chi connectivity index (χ0) is 20.4. The van der Waals surface area contributed by atoms with E-state index in [1.807, 2.05) is 19.6 Å². The summed E-state index contributed by atoms with van der Waals surface area (Å²) in [6, 6.07) is 4.88. The molecule has 27 heavy (non-hydrogen) atoms. The predicted octanol–water partition coefficient (Wildman–Crippen LogP) is 5.38. The molecule has 0 bridgehead atoms. The standard InChI is InChI=1S/C16H20BrCl2NO5SSi/c1-27(2,3)25-16-13(21)14(9-4-5-11(18)12(19)8-9)24-15(16)10(17)6-7-20-26(22)23/h4-5,8,10,20-21H,6-7H2,1-3H3,(H,22,23)/p-1. The van der Waals surface area contributed by atoms with Gasteiger partial charge in [0.15, 0.2) is 17.3 Å². The molecule has 2 unspecified atom stereocenters. The van der Waals surface area contributed by atoms with Gasteiger partial charge in [-0.05, 0) is 44.3 Å². The molecule has 150 valence electrons. The smallest absolute Gasteiger partial charge is 0.242 e. The summed E-state index contributed by atoms with van der Waals surface area (Å²) >= 11 is 13.2. The van der Waals surface area contributed by atoms with Crippen molar-refractivity contribution in [3.63, 3.8) is 0 Å². The number of benzene rings is 1. The zero-order valence-electron chi connectivity index (χ0n) is 14.8. The quantitative estimate of drug-likeness (QED) is 0.279. The second-order valence-corrected chi connectivity index (χ2v) is 13.8. The molecule has 0 saturated heterocycles. The molecule has 11 heteroatoms. The molecule has 0 aliphatic heterocycles. The van der Waals surface area contributed by atoms with Crippen LogP contribution in [0.1, 0.15) is 17.0 Å². The minimum Gasteiger partial charge on any atom is -0.760 e. The first-order valence-electron chi connectivity index (χ1n) is 7.96. The highest BCUT2D eigenvalue weighted by atomic mass is 79.9. The zero-order valence-corrected chi connectivity index (χ0v) is 19.8. The van der Waals surface area contributed by atoms with Gasteiger partial charge in [-0.15, -0.1) is 0 Å². The van der Waals surface area contributed by atoms with Gasteiger partial charge in [0.2, 0.25) is 14.1 Å². The monoisotopic (exact) mass is 514 g/mol. The number of nitrogens with one attached hydrogen (secondary N) is 1. The molecule has 1 aromatic carbocycles. The molecule has 0 spiro atoms. The van der Waals surface area contributed by atoms with E-state index in [-0.39, 0.29) is 28.6 Å². The molecule has 2 N–H and O–H groups in total. The van der Waals surface area contributed by atoms with E-state index < -0.39 is 19.6 Å². The topological polar surface area (TPSA) is 94.8 Å². The van der Waals surface area contributed by atoms with Gasteiger partial charge in [-0.1, -0.05) is 39.1 Å². The lowest BCUT2D eigenvalue weighted by Crippen LogP contribution is -2.29. The van der Waals surface area contributed by atoms with Gasteiger partial charge in [-0.2, -0.15) is 0 Å². The van der Waals surface area contributed by atoms with Gasteiger partial charge < -0.3 is 18.5 Å². The number of hydrogen-bond acceptors (Lipinski definition) is 5. The number of aromatic hydroxyl groups is 1. The third-order valence-corrected chi connectivity index (χ3v) is 6.23. The van der Waals surface area contributed by atoms with Crippen LogP contribution in [0.25, 0.3) is 11.3 Å². The maximum absolute atomic E-state index is 10.7. The van der Waals surface area contributed by atoms with E-state index in [0.29, 0.717) is 27.8 Å². The van der Waals surface area contributed by atoms with Gasteiger partial charge in [0.25, 0.3) is 0 Å². The number of rotatable bonds is 8. The number of furan rings is 1. The maximum Gasteiger partial charge on any atom is 0.242 e. The molecular weight excluding hydrogens is 497 g/mol. The molecular formula is C16H19BrCl2NO5SSi-. The van der Waals surface area contributed by atoms with Crippen LogP contribution in [0.3, 0.4) is 0 Å². The lowest BCUT2D eigenvalue weighted by molar-refractivity contribution is 0.438. The third-order valence-electron chi connectivity index (χ3n) is 3.36. The Bertz CT molecular complexity index is 843. The Morgan fingerprint density at radius 1 is 1.37 bits per heavy atom. The fraction of sp³-hybridized carbons (Fsp3) is 0.375. The Balaban J connectivity index is 2.44. The fourth-order valence-electron chi connectivity index (χ4n) is 2.27. The number of halogens is 3. The first-order chi connectivity index (χ1) is 12.5. The van der Waals surface area contributed by atoms with Crippen LogP contribution in [0.15, 0.2) is 22.6 Å². The molecule has 1 aromatic heterocycles. The summed E-state index contributed by atoms with van der Waals surface area (Å²) in [6.45, 7) is 6.14. The van der Waals surface area contributed by atoms with Crippen molar-refractivity contribution in [1.82, 2.24) is 4.72 Å².